The lowest BCUT2D eigenvalue weighted by atomic mass is 10.1. The highest BCUT2D eigenvalue weighted by molar-refractivity contribution is 7.86. The van der Waals surface area contributed by atoms with E-state index in [0.29, 0.717) is 5.56 Å². The number of hydrogen-bond donors (Lipinski definition) is 0. The summed E-state index contributed by atoms with van der Waals surface area (Å²) in [5, 5.41) is 0. The fourth-order valence-corrected chi connectivity index (χ4v) is 1.82. The molecule has 0 aromatic heterocycles. The fraction of sp³-hybridized carbons (Fsp3) is 0.300. The van der Waals surface area contributed by atoms with Crippen LogP contribution in [0.1, 0.15) is 23.2 Å². The first-order valence-corrected chi connectivity index (χ1v) is 5.96. The lowest BCUT2D eigenvalue weighted by molar-refractivity contribution is 0.0967. The van der Waals surface area contributed by atoms with Crippen LogP contribution in [0.4, 0.5) is 3.89 Å². The number of Topliss-reactive ketones (excluding diaryl/α,β-unsaturated/α-hetero) is 1. The second-order valence-electron chi connectivity index (χ2n) is 3.60. The average molecular weight is 228 g/mol. The predicted octanol–water partition coefficient (Wildman–Crippen LogP) is 1.94. The Bertz CT molecular complexity index is 486. The third-order valence-corrected chi connectivity index (χ3v) is 3.20. The van der Waals surface area contributed by atoms with Gasteiger partial charge in [-0.05, 0) is 25.0 Å². The van der Waals surface area contributed by atoms with E-state index in [-0.39, 0.29) is 11.7 Å². The summed E-state index contributed by atoms with van der Waals surface area (Å²) in [6.07, 6.45) is 1.78. The summed E-state index contributed by atoms with van der Waals surface area (Å²) in [5.74, 6) is 0.0932. The van der Waals surface area contributed by atoms with Gasteiger partial charge in [0.05, 0.1) is 4.90 Å². The smallest absolute Gasteiger partial charge is 0.294 e. The summed E-state index contributed by atoms with van der Waals surface area (Å²) in [5.41, 5.74) is 0.449. The van der Waals surface area contributed by atoms with E-state index in [4.69, 9.17) is 0 Å². The monoisotopic (exact) mass is 228 g/mol. The number of benzene rings is 1. The first-order valence-electron chi connectivity index (χ1n) is 4.57. The molecule has 1 aliphatic carbocycles. The normalized spacial score (nSPS) is 16.3. The van der Waals surface area contributed by atoms with E-state index in [1.807, 2.05) is 0 Å². The molecule has 0 bridgehead atoms. The zero-order chi connectivity index (χ0) is 11.1. The topological polar surface area (TPSA) is 51.2 Å². The summed E-state index contributed by atoms with van der Waals surface area (Å²) < 4.78 is 33.5. The molecule has 1 saturated carbocycles. The van der Waals surface area contributed by atoms with E-state index in [0.717, 1.165) is 25.0 Å². The van der Waals surface area contributed by atoms with Crippen molar-refractivity contribution in [3.8, 4) is 0 Å². The SMILES string of the molecule is O=C(c1ccc(S(=O)(=O)F)cc1)C1CC1. The number of hydrogen-bond acceptors (Lipinski definition) is 3. The van der Waals surface area contributed by atoms with Gasteiger partial charge in [-0.3, -0.25) is 4.79 Å². The molecule has 0 N–H and O–H groups in total. The van der Waals surface area contributed by atoms with Crippen molar-refractivity contribution in [3.63, 3.8) is 0 Å². The molecular formula is C10H9FO3S. The number of ketones is 1. The van der Waals surface area contributed by atoms with Crippen LogP contribution >= 0.6 is 0 Å². The van der Waals surface area contributed by atoms with Crippen molar-refractivity contribution in [1.29, 1.82) is 0 Å². The molecule has 15 heavy (non-hydrogen) atoms. The van der Waals surface area contributed by atoms with E-state index in [1.54, 1.807) is 0 Å². The van der Waals surface area contributed by atoms with Crippen LogP contribution in [0.3, 0.4) is 0 Å². The van der Waals surface area contributed by atoms with E-state index in [1.165, 1.54) is 12.1 Å². The van der Waals surface area contributed by atoms with Gasteiger partial charge in [0.25, 0.3) is 0 Å². The Hall–Kier alpha value is -1.23. The van der Waals surface area contributed by atoms with Gasteiger partial charge in [0.1, 0.15) is 0 Å². The Labute approximate surface area is 87.1 Å². The Kier molecular flexibility index (Phi) is 2.34. The number of rotatable bonds is 3. The lowest BCUT2D eigenvalue weighted by Gasteiger charge is -1.99. The Morgan fingerprint density at radius 1 is 1.20 bits per heavy atom. The molecule has 80 valence electrons. The highest BCUT2D eigenvalue weighted by Crippen LogP contribution is 2.32. The fourth-order valence-electron chi connectivity index (χ4n) is 1.36. The maximum atomic E-state index is 12.5. The van der Waals surface area contributed by atoms with Crippen LogP contribution in [-0.4, -0.2) is 14.2 Å². The van der Waals surface area contributed by atoms with Crippen LogP contribution in [0, 0.1) is 5.92 Å². The predicted molar refractivity (Wildman–Crippen MR) is 51.8 cm³/mol. The van der Waals surface area contributed by atoms with E-state index in [2.05, 4.69) is 0 Å². The quantitative estimate of drug-likeness (QED) is 0.586. The molecule has 0 aliphatic heterocycles. The van der Waals surface area contributed by atoms with Crippen molar-refractivity contribution >= 4 is 16.0 Å². The summed E-state index contributed by atoms with van der Waals surface area (Å²) in [4.78, 5) is 11.1. The van der Waals surface area contributed by atoms with Crippen molar-refractivity contribution < 1.29 is 17.1 Å². The van der Waals surface area contributed by atoms with E-state index in [9.17, 15) is 17.1 Å². The highest BCUT2D eigenvalue weighted by atomic mass is 32.3. The van der Waals surface area contributed by atoms with Crippen LogP contribution in [0.5, 0.6) is 0 Å². The minimum absolute atomic E-state index is 0.0119. The number of halogens is 1. The van der Waals surface area contributed by atoms with Gasteiger partial charge in [-0.2, -0.15) is 8.42 Å². The van der Waals surface area contributed by atoms with Gasteiger partial charge in [-0.1, -0.05) is 12.1 Å². The molecule has 0 unspecified atom stereocenters. The maximum absolute atomic E-state index is 12.5. The summed E-state index contributed by atoms with van der Waals surface area (Å²) >= 11 is 0. The molecule has 0 heterocycles. The van der Waals surface area contributed by atoms with Gasteiger partial charge in [0.15, 0.2) is 5.78 Å². The van der Waals surface area contributed by atoms with Gasteiger partial charge in [0, 0.05) is 11.5 Å². The second kappa shape index (κ2) is 3.41. The number of carbonyl (C=O) groups excluding carboxylic acids is 1. The van der Waals surface area contributed by atoms with Crippen LogP contribution in [0.2, 0.25) is 0 Å². The molecule has 1 aromatic carbocycles. The molecule has 0 spiro atoms. The Balaban J connectivity index is 2.27. The van der Waals surface area contributed by atoms with Crippen molar-refractivity contribution in [2.45, 2.75) is 17.7 Å². The van der Waals surface area contributed by atoms with Crippen molar-refractivity contribution in [1.82, 2.24) is 0 Å². The minimum atomic E-state index is -4.66. The summed E-state index contributed by atoms with van der Waals surface area (Å²) in [7, 11) is -4.66. The molecule has 2 rings (SSSR count). The van der Waals surface area contributed by atoms with Gasteiger partial charge in [-0.15, -0.1) is 3.89 Å². The van der Waals surface area contributed by atoms with E-state index < -0.39 is 15.1 Å². The molecular weight excluding hydrogens is 219 g/mol. The third kappa shape index (κ3) is 2.23. The van der Waals surface area contributed by atoms with Crippen LogP contribution in [0.15, 0.2) is 29.2 Å². The van der Waals surface area contributed by atoms with Gasteiger partial charge in [-0.25, -0.2) is 0 Å². The standard InChI is InChI=1S/C10H9FO3S/c11-15(13,14)9-5-3-8(4-6-9)10(12)7-1-2-7/h3-7H,1-2H2. The lowest BCUT2D eigenvalue weighted by Crippen LogP contribution is -2.01. The molecule has 0 radical (unpaired) electrons. The van der Waals surface area contributed by atoms with Gasteiger partial charge in [0.2, 0.25) is 0 Å². The largest absolute Gasteiger partial charge is 0.332 e. The molecule has 3 nitrogen and oxygen atoms in total. The van der Waals surface area contributed by atoms with Crippen molar-refractivity contribution in [2.75, 3.05) is 0 Å². The molecule has 0 amide bonds. The first-order chi connectivity index (χ1) is 6.98. The van der Waals surface area contributed by atoms with Crippen molar-refractivity contribution in [2.24, 2.45) is 5.92 Å². The van der Waals surface area contributed by atoms with Gasteiger partial charge < -0.3 is 0 Å². The maximum Gasteiger partial charge on any atom is 0.332 e. The van der Waals surface area contributed by atoms with Crippen molar-refractivity contribution in [3.05, 3.63) is 29.8 Å². The van der Waals surface area contributed by atoms with Crippen LogP contribution < -0.4 is 0 Å². The third-order valence-electron chi connectivity index (χ3n) is 2.37. The Morgan fingerprint density at radius 3 is 2.13 bits per heavy atom. The molecule has 1 fully saturated rings. The molecule has 1 aliphatic rings. The minimum Gasteiger partial charge on any atom is -0.294 e. The highest BCUT2D eigenvalue weighted by Gasteiger charge is 2.30. The molecule has 5 heteroatoms. The average Bonchev–Trinajstić information content (AvgIpc) is 2.99. The molecule has 0 atom stereocenters. The molecule has 1 aromatic rings. The number of carbonyl (C=O) groups is 1. The second-order valence-corrected chi connectivity index (χ2v) is 4.95. The molecule has 0 saturated heterocycles. The van der Waals surface area contributed by atoms with Gasteiger partial charge >= 0.3 is 10.2 Å². The van der Waals surface area contributed by atoms with E-state index >= 15 is 0 Å². The first kappa shape index (κ1) is 10.3. The van der Waals surface area contributed by atoms with Crippen LogP contribution in [0.25, 0.3) is 0 Å². The summed E-state index contributed by atoms with van der Waals surface area (Å²) in [6.45, 7) is 0. The Morgan fingerprint density at radius 2 is 1.73 bits per heavy atom. The summed E-state index contributed by atoms with van der Waals surface area (Å²) in [6, 6.07) is 4.94. The van der Waals surface area contributed by atoms with Crippen LogP contribution in [-0.2, 0) is 10.2 Å². The zero-order valence-corrected chi connectivity index (χ0v) is 8.63. The zero-order valence-electron chi connectivity index (χ0n) is 7.81.